The molecule has 4 unspecified atom stereocenters. The third kappa shape index (κ3) is 2.92. The minimum atomic E-state index is -0.967. The van der Waals surface area contributed by atoms with Gasteiger partial charge in [0.05, 0.1) is 25.4 Å². The molecule has 1 aromatic rings. The van der Waals surface area contributed by atoms with E-state index in [9.17, 15) is 9.50 Å². The molecule has 24 heavy (non-hydrogen) atoms. The Morgan fingerprint density at radius 3 is 2.54 bits per heavy atom. The van der Waals surface area contributed by atoms with Crippen LogP contribution in [0.2, 0.25) is 0 Å². The first-order valence-electron chi connectivity index (χ1n) is 8.76. The van der Waals surface area contributed by atoms with Crippen molar-refractivity contribution < 1.29 is 23.7 Å². The lowest BCUT2D eigenvalue weighted by Crippen LogP contribution is -2.65. The van der Waals surface area contributed by atoms with Crippen LogP contribution in [0.4, 0.5) is 10.1 Å². The first kappa shape index (κ1) is 16.3. The Bertz CT molecular complexity index is 563. The lowest BCUT2D eigenvalue weighted by atomic mass is 9.68. The zero-order valence-electron chi connectivity index (χ0n) is 13.6. The van der Waals surface area contributed by atoms with Crippen LogP contribution in [0.25, 0.3) is 0 Å². The molecular weight excluding hydrogens is 313 g/mol. The third-order valence-corrected chi connectivity index (χ3v) is 5.47. The molecule has 5 nitrogen and oxygen atoms in total. The van der Waals surface area contributed by atoms with E-state index in [1.807, 2.05) is 0 Å². The minimum Gasteiger partial charge on any atom is -0.385 e. The fourth-order valence-corrected chi connectivity index (χ4v) is 4.33. The van der Waals surface area contributed by atoms with Crippen molar-refractivity contribution in [1.29, 1.82) is 0 Å². The predicted octanol–water partition coefficient (Wildman–Crippen LogP) is 2.30. The lowest BCUT2D eigenvalue weighted by molar-refractivity contribution is -0.230. The van der Waals surface area contributed by atoms with Gasteiger partial charge in [-0.25, -0.2) is 4.39 Å². The molecule has 4 atom stereocenters. The first-order valence-corrected chi connectivity index (χ1v) is 8.76. The number of fused-ring (bicyclic) bond motifs is 1. The zero-order valence-corrected chi connectivity index (χ0v) is 13.6. The number of hydrogen-bond acceptors (Lipinski definition) is 5. The van der Waals surface area contributed by atoms with Gasteiger partial charge in [0.25, 0.3) is 0 Å². The van der Waals surface area contributed by atoms with Crippen LogP contribution in [0, 0.1) is 11.7 Å². The number of benzene rings is 1. The molecule has 2 aliphatic heterocycles. The van der Waals surface area contributed by atoms with Gasteiger partial charge in [-0.15, -0.1) is 0 Å². The van der Waals surface area contributed by atoms with E-state index in [2.05, 4.69) is 5.32 Å². The van der Waals surface area contributed by atoms with Crippen LogP contribution >= 0.6 is 0 Å². The second-order valence-corrected chi connectivity index (χ2v) is 6.94. The van der Waals surface area contributed by atoms with E-state index >= 15 is 0 Å². The van der Waals surface area contributed by atoms with Crippen LogP contribution in [0.3, 0.4) is 0 Å². The first-order chi connectivity index (χ1) is 11.7. The molecule has 132 valence electrons. The number of ether oxygens (including phenoxy) is 3. The highest BCUT2D eigenvalue weighted by Gasteiger charge is 2.55. The van der Waals surface area contributed by atoms with E-state index in [0.717, 1.165) is 24.9 Å². The molecule has 1 aliphatic carbocycles. The maximum Gasteiger partial charge on any atom is 0.163 e. The van der Waals surface area contributed by atoms with Gasteiger partial charge in [-0.3, -0.25) is 0 Å². The predicted molar refractivity (Wildman–Crippen MR) is 86.2 cm³/mol. The smallest absolute Gasteiger partial charge is 0.163 e. The Balaban J connectivity index is 1.54. The Morgan fingerprint density at radius 1 is 1.04 bits per heavy atom. The topological polar surface area (TPSA) is 60.0 Å². The average molecular weight is 337 g/mol. The molecule has 3 fully saturated rings. The molecule has 6 heteroatoms. The Kier molecular flexibility index (Phi) is 4.47. The van der Waals surface area contributed by atoms with Crippen molar-refractivity contribution in [2.24, 2.45) is 5.92 Å². The van der Waals surface area contributed by atoms with Crippen molar-refractivity contribution >= 4 is 5.69 Å². The van der Waals surface area contributed by atoms with E-state index in [1.165, 1.54) is 12.1 Å². The number of halogens is 1. The van der Waals surface area contributed by atoms with E-state index < -0.39 is 5.60 Å². The fourth-order valence-electron chi connectivity index (χ4n) is 4.33. The molecule has 0 amide bonds. The molecule has 4 rings (SSSR count). The summed E-state index contributed by atoms with van der Waals surface area (Å²) in [6, 6.07) is 6.12. The summed E-state index contributed by atoms with van der Waals surface area (Å²) < 4.78 is 30.5. The third-order valence-electron chi connectivity index (χ3n) is 5.47. The minimum absolute atomic E-state index is 0.0454. The van der Waals surface area contributed by atoms with Crippen LogP contribution in [0.1, 0.15) is 25.7 Å². The van der Waals surface area contributed by atoms with Crippen molar-refractivity contribution in [2.45, 2.75) is 49.7 Å². The van der Waals surface area contributed by atoms with Gasteiger partial charge in [0.15, 0.2) is 6.29 Å². The van der Waals surface area contributed by atoms with Gasteiger partial charge in [0, 0.05) is 18.2 Å². The monoisotopic (exact) mass is 337 g/mol. The average Bonchev–Trinajstić information content (AvgIpc) is 3.11. The highest BCUT2D eigenvalue weighted by atomic mass is 19.1. The maximum absolute atomic E-state index is 13.1. The van der Waals surface area contributed by atoms with Gasteiger partial charge in [-0.2, -0.15) is 0 Å². The van der Waals surface area contributed by atoms with Crippen molar-refractivity contribution in [3.8, 4) is 0 Å². The van der Waals surface area contributed by atoms with Crippen molar-refractivity contribution in [3.63, 3.8) is 0 Å². The summed E-state index contributed by atoms with van der Waals surface area (Å²) in [5.74, 6) is -0.221. The van der Waals surface area contributed by atoms with Crippen LogP contribution in [0.15, 0.2) is 24.3 Å². The highest BCUT2D eigenvalue weighted by molar-refractivity contribution is 5.45. The summed E-state index contributed by atoms with van der Waals surface area (Å²) in [6.07, 6.45) is 2.57. The Morgan fingerprint density at radius 2 is 1.79 bits per heavy atom. The van der Waals surface area contributed by atoms with Gasteiger partial charge >= 0.3 is 0 Å². The van der Waals surface area contributed by atoms with Crippen molar-refractivity contribution in [1.82, 2.24) is 0 Å². The molecule has 0 aromatic heterocycles. The number of nitrogens with one attached hydrogen (secondary N) is 1. The summed E-state index contributed by atoms with van der Waals surface area (Å²) in [5, 5.41) is 14.8. The molecule has 0 bridgehead atoms. The summed E-state index contributed by atoms with van der Waals surface area (Å²) in [7, 11) is 0. The second kappa shape index (κ2) is 6.59. The molecule has 1 aromatic carbocycles. The van der Waals surface area contributed by atoms with Crippen LogP contribution in [-0.4, -0.2) is 49.0 Å². The molecule has 1 saturated carbocycles. The number of rotatable bonds is 3. The second-order valence-electron chi connectivity index (χ2n) is 6.94. The largest absolute Gasteiger partial charge is 0.385 e. The molecule has 2 heterocycles. The molecule has 2 N–H and O–H groups in total. The zero-order chi connectivity index (χ0) is 16.6. The van der Waals surface area contributed by atoms with Crippen LogP contribution in [-0.2, 0) is 14.2 Å². The standard InChI is InChI=1S/C18H24FNO4/c19-12-2-4-13(5-3-12)20-15-7-6-14(17-23-10-11-24-17)16-18(15,21)8-1-9-22-16/h2-5,14-17,20-21H,1,6-11H2. The fraction of sp³-hybridized carbons (Fsp3) is 0.667. The van der Waals surface area contributed by atoms with E-state index in [0.29, 0.717) is 26.2 Å². The number of anilines is 1. The molecule has 3 aliphatic rings. The molecule has 0 radical (unpaired) electrons. The molecular formula is C18H24FNO4. The van der Waals surface area contributed by atoms with Crippen LogP contribution in [0.5, 0.6) is 0 Å². The normalized spacial score (nSPS) is 37.2. The lowest BCUT2D eigenvalue weighted by Gasteiger charge is -2.52. The van der Waals surface area contributed by atoms with E-state index in [-0.39, 0.29) is 30.2 Å². The molecule has 2 saturated heterocycles. The SMILES string of the molecule is OC12CCCOC1C(C1OCCO1)CCC2Nc1ccc(F)cc1. The van der Waals surface area contributed by atoms with Gasteiger partial charge in [-0.1, -0.05) is 0 Å². The van der Waals surface area contributed by atoms with E-state index in [1.54, 1.807) is 12.1 Å². The van der Waals surface area contributed by atoms with Crippen molar-refractivity contribution in [3.05, 3.63) is 30.1 Å². The number of aliphatic hydroxyl groups is 1. The Labute approximate surface area is 141 Å². The van der Waals surface area contributed by atoms with Crippen molar-refractivity contribution in [2.75, 3.05) is 25.1 Å². The van der Waals surface area contributed by atoms with Crippen LogP contribution < -0.4 is 5.32 Å². The quantitative estimate of drug-likeness (QED) is 0.886. The van der Waals surface area contributed by atoms with Gasteiger partial charge in [0.2, 0.25) is 0 Å². The number of hydrogen-bond donors (Lipinski definition) is 2. The van der Waals surface area contributed by atoms with Gasteiger partial charge < -0.3 is 24.6 Å². The Hall–Kier alpha value is -1.21. The summed E-state index contributed by atoms with van der Waals surface area (Å²) >= 11 is 0. The highest BCUT2D eigenvalue weighted by Crippen LogP contribution is 2.44. The summed E-state index contributed by atoms with van der Waals surface area (Å²) in [4.78, 5) is 0. The maximum atomic E-state index is 13.1. The van der Waals surface area contributed by atoms with Gasteiger partial charge in [-0.05, 0) is 49.9 Å². The summed E-state index contributed by atoms with van der Waals surface area (Å²) in [6.45, 7) is 1.85. The van der Waals surface area contributed by atoms with Gasteiger partial charge in [0.1, 0.15) is 11.4 Å². The summed E-state index contributed by atoms with van der Waals surface area (Å²) in [5.41, 5.74) is -0.156. The van der Waals surface area contributed by atoms with E-state index in [4.69, 9.17) is 14.2 Å². The molecule has 0 spiro atoms.